The molecule has 24 heavy (non-hydrogen) atoms. The Hall–Kier alpha value is -2.15. The van der Waals surface area contributed by atoms with Gasteiger partial charge in [0.2, 0.25) is 0 Å². The molecule has 1 heterocycles. The number of halogens is 2. The van der Waals surface area contributed by atoms with Crippen molar-refractivity contribution in [2.24, 2.45) is 0 Å². The van der Waals surface area contributed by atoms with Crippen molar-refractivity contribution in [2.75, 3.05) is 6.54 Å². The van der Waals surface area contributed by atoms with E-state index in [0.717, 1.165) is 10.4 Å². The lowest BCUT2D eigenvalue weighted by atomic mass is 10.1. The third-order valence-electron chi connectivity index (χ3n) is 3.54. The van der Waals surface area contributed by atoms with Crippen molar-refractivity contribution in [3.63, 3.8) is 0 Å². The predicted octanol–water partition coefficient (Wildman–Crippen LogP) is 4.64. The summed E-state index contributed by atoms with van der Waals surface area (Å²) in [6.07, 6.45) is 0. The number of amides is 2. The van der Waals surface area contributed by atoms with Gasteiger partial charge in [0.05, 0.1) is 12.6 Å². The van der Waals surface area contributed by atoms with Crippen LogP contribution in [0.3, 0.4) is 0 Å². The van der Waals surface area contributed by atoms with E-state index in [1.807, 2.05) is 31.4 Å². The molecule has 1 atom stereocenters. The third kappa shape index (κ3) is 5.19. The molecule has 0 saturated heterocycles. The van der Waals surface area contributed by atoms with Crippen LogP contribution in [-0.4, -0.2) is 24.1 Å². The second kappa shape index (κ2) is 8.63. The highest BCUT2D eigenvalue weighted by Crippen LogP contribution is 2.20. The van der Waals surface area contributed by atoms with Gasteiger partial charge in [0.1, 0.15) is 5.75 Å². The quantitative estimate of drug-likeness (QED) is 0.787. The van der Waals surface area contributed by atoms with E-state index in [2.05, 4.69) is 10.1 Å². The zero-order chi connectivity index (χ0) is 17.5. The van der Waals surface area contributed by atoms with Crippen LogP contribution in [0.2, 0.25) is 0 Å². The summed E-state index contributed by atoms with van der Waals surface area (Å²) in [5.74, 6) is 0.0974. The first kappa shape index (κ1) is 18.2. The van der Waals surface area contributed by atoms with E-state index in [4.69, 9.17) is 0 Å². The lowest BCUT2D eigenvalue weighted by Gasteiger charge is -2.24. The molecule has 1 aromatic carbocycles. The molecule has 130 valence electrons. The number of carbonyl (C=O) groups is 1. The monoisotopic (exact) mass is 354 g/mol. The minimum absolute atomic E-state index is 0.0974. The Morgan fingerprint density at radius 2 is 2.00 bits per heavy atom. The average Bonchev–Trinajstić information content (AvgIpc) is 3.05. The van der Waals surface area contributed by atoms with Crippen LogP contribution in [0.4, 0.5) is 13.6 Å². The molecular formula is C17H20F2N2O2S. The highest BCUT2D eigenvalue weighted by molar-refractivity contribution is 7.09. The van der Waals surface area contributed by atoms with Gasteiger partial charge in [-0.15, -0.1) is 11.3 Å². The molecule has 0 radical (unpaired) electrons. The SMILES string of the molecule is CCN(Cc1cccs1)C(=O)NC(C)c1ccc(OC(F)F)cc1. The van der Waals surface area contributed by atoms with Gasteiger partial charge >= 0.3 is 12.6 Å². The number of urea groups is 1. The van der Waals surface area contributed by atoms with Crippen molar-refractivity contribution in [1.29, 1.82) is 0 Å². The normalized spacial score (nSPS) is 12.0. The first-order chi connectivity index (χ1) is 11.5. The first-order valence-corrected chi connectivity index (χ1v) is 8.50. The second-order valence-electron chi connectivity index (χ2n) is 5.21. The Labute approximate surface area is 144 Å². The van der Waals surface area contributed by atoms with E-state index in [1.165, 1.54) is 12.1 Å². The zero-order valence-corrected chi connectivity index (χ0v) is 14.4. The number of hydrogen-bond donors (Lipinski definition) is 1. The van der Waals surface area contributed by atoms with Gasteiger partial charge in [-0.1, -0.05) is 18.2 Å². The molecule has 0 saturated carbocycles. The summed E-state index contributed by atoms with van der Waals surface area (Å²) >= 11 is 1.61. The summed E-state index contributed by atoms with van der Waals surface area (Å²) in [5.41, 5.74) is 0.817. The number of ether oxygens (including phenoxy) is 1. The molecule has 1 aromatic heterocycles. The lowest BCUT2D eigenvalue weighted by molar-refractivity contribution is -0.0498. The van der Waals surface area contributed by atoms with Crippen molar-refractivity contribution in [3.05, 3.63) is 52.2 Å². The number of hydrogen-bond acceptors (Lipinski definition) is 3. The Kier molecular flexibility index (Phi) is 6.54. The van der Waals surface area contributed by atoms with Gasteiger partial charge in [0.15, 0.2) is 0 Å². The fourth-order valence-electron chi connectivity index (χ4n) is 2.22. The smallest absolute Gasteiger partial charge is 0.387 e. The number of thiophene rings is 1. The number of nitrogens with one attached hydrogen (secondary N) is 1. The largest absolute Gasteiger partial charge is 0.435 e. The van der Waals surface area contributed by atoms with Gasteiger partial charge in [0, 0.05) is 11.4 Å². The average molecular weight is 354 g/mol. The molecule has 0 fully saturated rings. The summed E-state index contributed by atoms with van der Waals surface area (Å²) < 4.78 is 28.6. The fraction of sp³-hybridized carbons (Fsp3) is 0.353. The number of nitrogens with zero attached hydrogens (tertiary/aromatic N) is 1. The summed E-state index contributed by atoms with van der Waals surface area (Å²) in [5, 5.41) is 4.90. The van der Waals surface area contributed by atoms with Crippen molar-refractivity contribution in [1.82, 2.24) is 10.2 Å². The van der Waals surface area contributed by atoms with Gasteiger partial charge in [-0.3, -0.25) is 0 Å². The number of alkyl halides is 2. The maximum Gasteiger partial charge on any atom is 0.387 e. The van der Waals surface area contributed by atoms with Crippen molar-refractivity contribution in [3.8, 4) is 5.75 Å². The van der Waals surface area contributed by atoms with E-state index >= 15 is 0 Å². The molecule has 2 aromatic rings. The minimum Gasteiger partial charge on any atom is -0.435 e. The van der Waals surface area contributed by atoms with E-state index in [0.29, 0.717) is 13.1 Å². The maximum atomic E-state index is 12.4. The molecule has 0 aliphatic heterocycles. The highest BCUT2D eigenvalue weighted by atomic mass is 32.1. The number of carbonyl (C=O) groups excluding carboxylic acids is 1. The molecule has 0 bridgehead atoms. The zero-order valence-electron chi connectivity index (χ0n) is 13.5. The summed E-state index contributed by atoms with van der Waals surface area (Å²) in [6.45, 7) is 2.09. The van der Waals surface area contributed by atoms with E-state index in [9.17, 15) is 13.6 Å². The van der Waals surface area contributed by atoms with Crippen LogP contribution < -0.4 is 10.1 Å². The van der Waals surface area contributed by atoms with E-state index in [1.54, 1.807) is 28.4 Å². The summed E-state index contributed by atoms with van der Waals surface area (Å²) in [6, 6.07) is 9.81. The van der Waals surface area contributed by atoms with Crippen LogP contribution in [0.25, 0.3) is 0 Å². The standard InChI is InChI=1S/C17H20F2N2O2S/c1-3-21(11-15-5-4-10-24-15)17(22)20-12(2)13-6-8-14(9-7-13)23-16(18)19/h4-10,12,16H,3,11H2,1-2H3,(H,20,22). The Bertz CT molecular complexity index is 633. The predicted molar refractivity (Wildman–Crippen MR) is 90.4 cm³/mol. The van der Waals surface area contributed by atoms with Crippen LogP contribution >= 0.6 is 11.3 Å². The number of benzene rings is 1. The van der Waals surface area contributed by atoms with Crippen LogP contribution in [0.1, 0.15) is 30.3 Å². The fourth-order valence-corrected chi connectivity index (χ4v) is 2.94. The van der Waals surface area contributed by atoms with Gasteiger partial charge in [-0.05, 0) is 43.0 Å². The molecule has 1 unspecified atom stereocenters. The van der Waals surface area contributed by atoms with E-state index in [-0.39, 0.29) is 17.8 Å². The highest BCUT2D eigenvalue weighted by Gasteiger charge is 2.16. The molecular weight excluding hydrogens is 334 g/mol. The first-order valence-electron chi connectivity index (χ1n) is 7.62. The minimum atomic E-state index is -2.84. The molecule has 2 rings (SSSR count). The summed E-state index contributed by atoms with van der Waals surface area (Å²) in [4.78, 5) is 15.2. The molecule has 4 nitrogen and oxygen atoms in total. The Balaban J connectivity index is 1.94. The Morgan fingerprint density at radius 3 is 2.54 bits per heavy atom. The van der Waals surface area contributed by atoms with Gasteiger partial charge in [-0.25, -0.2) is 4.79 Å². The molecule has 0 spiro atoms. The Morgan fingerprint density at radius 1 is 1.29 bits per heavy atom. The molecule has 0 aliphatic carbocycles. The van der Waals surface area contributed by atoms with Gasteiger partial charge in [-0.2, -0.15) is 8.78 Å². The van der Waals surface area contributed by atoms with Crippen LogP contribution in [0, 0.1) is 0 Å². The third-order valence-corrected chi connectivity index (χ3v) is 4.40. The van der Waals surface area contributed by atoms with Gasteiger partial charge in [0.25, 0.3) is 0 Å². The molecule has 2 amide bonds. The maximum absolute atomic E-state index is 12.4. The van der Waals surface area contributed by atoms with Crippen molar-refractivity contribution in [2.45, 2.75) is 33.0 Å². The van der Waals surface area contributed by atoms with E-state index < -0.39 is 6.61 Å². The topological polar surface area (TPSA) is 41.6 Å². The molecule has 1 N–H and O–H groups in total. The van der Waals surface area contributed by atoms with Gasteiger partial charge < -0.3 is 15.0 Å². The second-order valence-corrected chi connectivity index (χ2v) is 6.24. The molecule has 7 heteroatoms. The molecule has 0 aliphatic rings. The van der Waals surface area contributed by atoms with Crippen molar-refractivity contribution < 1.29 is 18.3 Å². The van der Waals surface area contributed by atoms with Crippen LogP contribution in [0.5, 0.6) is 5.75 Å². The van der Waals surface area contributed by atoms with Crippen LogP contribution in [-0.2, 0) is 6.54 Å². The lowest BCUT2D eigenvalue weighted by Crippen LogP contribution is -2.40. The number of rotatable bonds is 7. The van der Waals surface area contributed by atoms with Crippen LogP contribution in [0.15, 0.2) is 41.8 Å². The summed E-state index contributed by atoms with van der Waals surface area (Å²) in [7, 11) is 0. The van der Waals surface area contributed by atoms with Crippen molar-refractivity contribution >= 4 is 17.4 Å².